The summed E-state index contributed by atoms with van der Waals surface area (Å²) in [4.78, 5) is 0. The van der Waals surface area contributed by atoms with Gasteiger partial charge >= 0.3 is 47.9 Å². The average molecular weight is 438 g/mol. The Morgan fingerprint density at radius 1 is 0.231 bits per heavy atom. The first-order valence-electron chi connectivity index (χ1n) is 5.15. The van der Waals surface area contributed by atoms with Crippen molar-refractivity contribution in [3.63, 3.8) is 0 Å². The highest BCUT2D eigenvalue weighted by Gasteiger charge is 3.02. The molecule has 0 radical (unpaired) electrons. The number of hydrogen-bond acceptors (Lipinski definition) is 0. The standard InChI is InChI=1S/C8F18/c9-2(10,4(13,14)8(24,25)26)1(5(15,16)17,6(18,19)20)3(11,12)7(21,22)23. The lowest BCUT2D eigenvalue weighted by Crippen LogP contribution is -2.78. The van der Waals surface area contributed by atoms with Crippen molar-refractivity contribution in [2.24, 2.45) is 5.41 Å². The van der Waals surface area contributed by atoms with Gasteiger partial charge in [-0.05, 0) is 0 Å². The van der Waals surface area contributed by atoms with Gasteiger partial charge in [0.15, 0.2) is 0 Å². The second kappa shape index (κ2) is 5.62. The van der Waals surface area contributed by atoms with Gasteiger partial charge in [0, 0.05) is 0 Å². The molecule has 0 saturated heterocycles. The molecule has 0 spiro atoms. The maximum Gasteiger partial charge on any atom is 0.459 e. The first-order chi connectivity index (χ1) is 10.8. The fourth-order valence-electron chi connectivity index (χ4n) is 1.70. The summed E-state index contributed by atoms with van der Waals surface area (Å²) in [7, 11) is 0. The van der Waals surface area contributed by atoms with E-state index in [1.165, 1.54) is 0 Å². The topological polar surface area (TPSA) is 0 Å². The average Bonchev–Trinajstić information content (AvgIpc) is 2.19. The zero-order valence-corrected chi connectivity index (χ0v) is 10.8. The van der Waals surface area contributed by atoms with Crippen LogP contribution < -0.4 is 0 Å². The van der Waals surface area contributed by atoms with Crippen LogP contribution in [0.5, 0.6) is 0 Å². The zero-order chi connectivity index (χ0) is 22.0. The third-order valence-electron chi connectivity index (χ3n) is 2.90. The lowest BCUT2D eigenvalue weighted by molar-refractivity contribution is -0.521. The van der Waals surface area contributed by atoms with Crippen LogP contribution in [0.3, 0.4) is 0 Å². The van der Waals surface area contributed by atoms with Gasteiger partial charge < -0.3 is 0 Å². The van der Waals surface area contributed by atoms with Gasteiger partial charge in [-0.15, -0.1) is 0 Å². The Morgan fingerprint density at radius 3 is 0.615 bits per heavy atom. The lowest BCUT2D eigenvalue weighted by Gasteiger charge is -2.48. The highest BCUT2D eigenvalue weighted by Crippen LogP contribution is 2.72. The van der Waals surface area contributed by atoms with Crippen LogP contribution in [0.15, 0.2) is 0 Å². The van der Waals surface area contributed by atoms with Gasteiger partial charge in [-0.2, -0.15) is 79.0 Å². The summed E-state index contributed by atoms with van der Waals surface area (Å²) in [6.07, 6.45) is -33.7. The van der Waals surface area contributed by atoms with Crippen molar-refractivity contribution < 1.29 is 79.0 Å². The molecule has 0 aromatic rings. The lowest BCUT2D eigenvalue weighted by atomic mass is 9.70. The molecule has 0 aliphatic heterocycles. The van der Waals surface area contributed by atoms with Crippen LogP contribution in [0, 0.1) is 5.41 Å². The molecular weight excluding hydrogens is 438 g/mol. The molecule has 0 saturated carbocycles. The van der Waals surface area contributed by atoms with Gasteiger partial charge in [0.1, 0.15) is 0 Å². The van der Waals surface area contributed by atoms with E-state index in [2.05, 4.69) is 0 Å². The first-order valence-corrected chi connectivity index (χ1v) is 5.15. The van der Waals surface area contributed by atoms with E-state index in [0.29, 0.717) is 0 Å². The second-order valence-corrected chi connectivity index (χ2v) is 4.46. The van der Waals surface area contributed by atoms with Crippen LogP contribution >= 0.6 is 0 Å². The Balaban J connectivity index is 7.57. The van der Waals surface area contributed by atoms with Crippen molar-refractivity contribution in [1.82, 2.24) is 0 Å². The summed E-state index contributed by atoms with van der Waals surface area (Å²) in [6, 6.07) is 0. The monoisotopic (exact) mass is 438 g/mol. The molecule has 0 bridgehead atoms. The Morgan fingerprint density at radius 2 is 0.462 bits per heavy atom. The van der Waals surface area contributed by atoms with E-state index in [4.69, 9.17) is 0 Å². The normalized spacial score (nSPS) is 16.8. The van der Waals surface area contributed by atoms with Crippen molar-refractivity contribution in [3.8, 4) is 0 Å². The molecule has 26 heavy (non-hydrogen) atoms. The maximum atomic E-state index is 13.1. The number of hydrogen-bond donors (Lipinski definition) is 0. The highest BCUT2D eigenvalue weighted by atomic mass is 19.4. The van der Waals surface area contributed by atoms with E-state index >= 15 is 0 Å². The van der Waals surface area contributed by atoms with Gasteiger partial charge in [-0.25, -0.2) is 0 Å². The molecule has 0 aromatic carbocycles. The fraction of sp³-hybridized carbons (Fsp3) is 1.00. The van der Waals surface area contributed by atoms with Crippen molar-refractivity contribution >= 4 is 0 Å². The molecule has 0 atom stereocenters. The molecule has 0 aromatic heterocycles. The Hall–Kier alpha value is -1.26. The summed E-state index contributed by atoms with van der Waals surface area (Å²) in [5, 5.41) is 0. The maximum absolute atomic E-state index is 13.1. The summed E-state index contributed by atoms with van der Waals surface area (Å²) in [5.41, 5.74) is -9.17. The summed E-state index contributed by atoms with van der Waals surface area (Å²) < 4.78 is 223. The molecule has 0 amide bonds. The van der Waals surface area contributed by atoms with Gasteiger partial charge in [0.2, 0.25) is 0 Å². The third-order valence-corrected chi connectivity index (χ3v) is 2.90. The molecule has 0 rings (SSSR count). The summed E-state index contributed by atoms with van der Waals surface area (Å²) in [6.45, 7) is 0. The summed E-state index contributed by atoms with van der Waals surface area (Å²) in [5.74, 6) is -26.5. The Kier molecular flexibility index (Phi) is 5.35. The Labute approximate surface area is 128 Å². The fourth-order valence-corrected chi connectivity index (χ4v) is 1.70. The number of rotatable bonds is 3. The van der Waals surface area contributed by atoms with Crippen molar-refractivity contribution in [2.75, 3.05) is 0 Å². The van der Waals surface area contributed by atoms with Gasteiger partial charge in [-0.3, -0.25) is 0 Å². The van der Waals surface area contributed by atoms with Crippen molar-refractivity contribution in [3.05, 3.63) is 0 Å². The quantitative estimate of drug-likeness (QED) is 0.466. The van der Waals surface area contributed by atoms with Crippen LogP contribution in [0.25, 0.3) is 0 Å². The summed E-state index contributed by atoms with van der Waals surface area (Å²) >= 11 is 0. The predicted molar refractivity (Wildman–Crippen MR) is 41.5 cm³/mol. The second-order valence-electron chi connectivity index (χ2n) is 4.46. The van der Waals surface area contributed by atoms with Crippen LogP contribution in [0.1, 0.15) is 0 Å². The van der Waals surface area contributed by atoms with Gasteiger partial charge in [-0.1, -0.05) is 0 Å². The molecule has 0 nitrogen and oxygen atoms in total. The molecule has 0 unspecified atom stereocenters. The van der Waals surface area contributed by atoms with E-state index in [0.717, 1.165) is 0 Å². The predicted octanol–water partition coefficient (Wildman–Crippen LogP) is 6.13. The minimum absolute atomic E-state index is 8.07. The van der Waals surface area contributed by atoms with Gasteiger partial charge in [0.05, 0.1) is 0 Å². The van der Waals surface area contributed by atoms with Crippen molar-refractivity contribution in [2.45, 2.75) is 42.5 Å². The van der Waals surface area contributed by atoms with Crippen LogP contribution in [0.4, 0.5) is 79.0 Å². The van der Waals surface area contributed by atoms with Crippen LogP contribution in [-0.4, -0.2) is 42.5 Å². The van der Waals surface area contributed by atoms with Gasteiger partial charge in [0.25, 0.3) is 0 Å². The third kappa shape index (κ3) is 2.82. The minimum Gasteiger partial charge on any atom is -0.198 e. The molecule has 158 valence electrons. The van der Waals surface area contributed by atoms with E-state index in [-0.39, 0.29) is 0 Å². The van der Waals surface area contributed by atoms with Crippen LogP contribution in [0.2, 0.25) is 0 Å². The SMILES string of the molecule is FC(F)(F)C(F)(F)C(F)(F)C(C(F)(F)F)(C(F)(F)F)C(F)(F)C(F)(F)F. The van der Waals surface area contributed by atoms with Crippen molar-refractivity contribution in [1.29, 1.82) is 0 Å². The van der Waals surface area contributed by atoms with E-state index < -0.39 is 47.9 Å². The molecule has 0 heterocycles. The zero-order valence-electron chi connectivity index (χ0n) is 10.8. The molecule has 18 heteroatoms. The molecule has 0 aliphatic rings. The first kappa shape index (κ1) is 24.7. The number of halogens is 18. The minimum atomic E-state index is -9.17. The molecular formula is C8F18. The molecule has 0 fully saturated rings. The largest absolute Gasteiger partial charge is 0.459 e. The van der Waals surface area contributed by atoms with E-state index in [1.807, 2.05) is 0 Å². The van der Waals surface area contributed by atoms with E-state index in [1.54, 1.807) is 0 Å². The van der Waals surface area contributed by atoms with E-state index in [9.17, 15) is 79.0 Å². The number of alkyl halides is 18. The van der Waals surface area contributed by atoms with Crippen LogP contribution in [-0.2, 0) is 0 Å². The molecule has 0 N–H and O–H groups in total. The highest BCUT2D eigenvalue weighted by molar-refractivity contribution is 5.18. The Bertz CT molecular complexity index is 493. The smallest absolute Gasteiger partial charge is 0.198 e. The molecule has 0 aliphatic carbocycles.